The number of hydrogen-bond acceptors (Lipinski definition) is 4. The minimum atomic E-state index is -0.719. The second kappa shape index (κ2) is 9.91. The Hall–Kier alpha value is -3.03. The molecule has 0 bridgehead atoms. The molecule has 1 aliphatic carbocycles. The van der Waals surface area contributed by atoms with Crippen LogP contribution in [0.3, 0.4) is 0 Å². The fourth-order valence-electron chi connectivity index (χ4n) is 4.63. The molecule has 0 spiro atoms. The molecule has 5 rings (SSSR count). The summed E-state index contributed by atoms with van der Waals surface area (Å²) >= 11 is 12.3. The molecule has 2 N–H and O–H groups in total. The number of para-hydroxylation sites is 1. The molecule has 1 atom stereocenters. The van der Waals surface area contributed by atoms with E-state index >= 15 is 0 Å². The maximum Gasteiger partial charge on any atom is 0.255 e. The molecule has 35 heavy (non-hydrogen) atoms. The van der Waals surface area contributed by atoms with E-state index in [1.165, 1.54) is 18.9 Å². The number of amides is 2. The van der Waals surface area contributed by atoms with Gasteiger partial charge in [0, 0.05) is 48.8 Å². The van der Waals surface area contributed by atoms with Gasteiger partial charge in [-0.15, -0.1) is 0 Å². The van der Waals surface area contributed by atoms with Gasteiger partial charge in [-0.25, -0.2) is 0 Å². The molecule has 2 heterocycles. The molecule has 3 aromatic rings. The summed E-state index contributed by atoms with van der Waals surface area (Å²) in [7, 11) is 0. The number of H-pyrrole nitrogens is 1. The van der Waals surface area contributed by atoms with Crippen molar-refractivity contribution in [3.63, 3.8) is 0 Å². The Kier molecular flexibility index (Phi) is 6.71. The first-order valence-electron chi connectivity index (χ1n) is 11.8. The number of nitrogens with one attached hydrogen (secondary N) is 2. The highest BCUT2D eigenvalue weighted by molar-refractivity contribution is 6.42. The number of fused-ring (bicyclic) bond motifs is 1. The van der Waals surface area contributed by atoms with Crippen molar-refractivity contribution in [1.82, 2.24) is 15.2 Å². The summed E-state index contributed by atoms with van der Waals surface area (Å²) in [6.07, 6.45) is 3.37. The highest BCUT2D eigenvalue weighted by Gasteiger charge is 2.37. The van der Waals surface area contributed by atoms with Gasteiger partial charge < -0.3 is 20.1 Å². The van der Waals surface area contributed by atoms with Crippen LogP contribution in [0.15, 0.2) is 53.3 Å². The van der Waals surface area contributed by atoms with Crippen LogP contribution in [0.25, 0.3) is 10.9 Å². The summed E-state index contributed by atoms with van der Waals surface area (Å²) in [4.78, 5) is 45.7. The zero-order valence-electron chi connectivity index (χ0n) is 19.1. The van der Waals surface area contributed by atoms with Gasteiger partial charge in [0.15, 0.2) is 0 Å². The van der Waals surface area contributed by atoms with Crippen LogP contribution in [-0.2, 0) is 4.79 Å². The number of pyridine rings is 1. The third-order valence-corrected chi connectivity index (χ3v) is 7.48. The third kappa shape index (κ3) is 5.16. The average molecular weight is 513 g/mol. The number of benzene rings is 2. The lowest BCUT2D eigenvalue weighted by Crippen LogP contribution is -2.61. The summed E-state index contributed by atoms with van der Waals surface area (Å²) in [6, 6.07) is 13.1. The SMILES string of the molecule is O=C(NCCC1CC1)C1CN(c2ccc(Cl)c(Cl)c2)CCN1C(=O)c1cc(=O)[nH]c2ccccc12. The first kappa shape index (κ1) is 23.7. The molecule has 2 aromatic carbocycles. The number of anilines is 1. The second-order valence-corrected chi connectivity index (χ2v) is 9.99. The molecule has 1 aliphatic heterocycles. The van der Waals surface area contributed by atoms with Gasteiger partial charge in [-0.05, 0) is 36.6 Å². The van der Waals surface area contributed by atoms with Crippen LogP contribution in [0.5, 0.6) is 0 Å². The Labute approximate surface area is 213 Å². The van der Waals surface area contributed by atoms with Gasteiger partial charge in [-0.3, -0.25) is 14.4 Å². The van der Waals surface area contributed by atoms with E-state index in [4.69, 9.17) is 23.2 Å². The lowest BCUT2D eigenvalue weighted by atomic mass is 10.0. The number of halogens is 2. The number of hydrogen-bond donors (Lipinski definition) is 2. The second-order valence-electron chi connectivity index (χ2n) is 9.17. The predicted octanol–water partition coefficient (Wildman–Crippen LogP) is 4.08. The van der Waals surface area contributed by atoms with Gasteiger partial charge in [0.1, 0.15) is 6.04 Å². The average Bonchev–Trinajstić information content (AvgIpc) is 3.69. The molecular formula is C26H26Cl2N4O3. The van der Waals surface area contributed by atoms with Crippen molar-refractivity contribution in [2.45, 2.75) is 25.3 Å². The van der Waals surface area contributed by atoms with E-state index in [1.807, 2.05) is 17.0 Å². The summed E-state index contributed by atoms with van der Waals surface area (Å²) in [5, 5.41) is 4.57. The molecular weight excluding hydrogens is 487 g/mol. The number of carbonyl (C=O) groups is 2. The lowest BCUT2D eigenvalue weighted by molar-refractivity contribution is -0.125. The first-order chi connectivity index (χ1) is 16.9. The maximum absolute atomic E-state index is 13.8. The van der Waals surface area contributed by atoms with Gasteiger partial charge >= 0.3 is 0 Å². The monoisotopic (exact) mass is 512 g/mol. The summed E-state index contributed by atoms with van der Waals surface area (Å²) < 4.78 is 0. The zero-order valence-corrected chi connectivity index (χ0v) is 20.6. The van der Waals surface area contributed by atoms with Crippen LogP contribution in [0.1, 0.15) is 29.6 Å². The highest BCUT2D eigenvalue weighted by Crippen LogP contribution is 2.32. The lowest BCUT2D eigenvalue weighted by Gasteiger charge is -2.41. The van der Waals surface area contributed by atoms with E-state index in [2.05, 4.69) is 10.3 Å². The molecule has 9 heteroatoms. The minimum absolute atomic E-state index is 0.196. The van der Waals surface area contributed by atoms with E-state index in [0.717, 1.165) is 12.1 Å². The zero-order chi connectivity index (χ0) is 24.5. The van der Waals surface area contributed by atoms with Crippen LogP contribution in [0.4, 0.5) is 5.69 Å². The molecule has 182 valence electrons. The van der Waals surface area contributed by atoms with E-state index < -0.39 is 6.04 Å². The van der Waals surface area contributed by atoms with E-state index in [1.54, 1.807) is 35.2 Å². The predicted molar refractivity (Wildman–Crippen MR) is 138 cm³/mol. The smallest absolute Gasteiger partial charge is 0.255 e. The number of nitrogens with zero attached hydrogens (tertiary/aromatic N) is 2. The molecule has 1 saturated heterocycles. The van der Waals surface area contributed by atoms with Crippen LogP contribution >= 0.6 is 23.2 Å². The molecule has 2 fully saturated rings. The van der Waals surface area contributed by atoms with Crippen LogP contribution in [0, 0.1) is 5.92 Å². The standard InChI is InChI=1S/C26H26Cl2N4O3/c27-20-8-7-17(13-21(20)28)31-11-12-32(23(15-31)25(34)29-10-9-16-5-6-16)26(35)19-14-24(33)30-22-4-2-1-3-18(19)22/h1-4,7-8,13-14,16,23H,5-6,9-12,15H2,(H,29,34)(H,30,33). The minimum Gasteiger partial charge on any atom is -0.367 e. The van der Waals surface area contributed by atoms with Crippen molar-refractivity contribution in [2.75, 3.05) is 31.1 Å². The van der Waals surface area contributed by atoms with E-state index in [0.29, 0.717) is 58.6 Å². The Morgan fingerprint density at radius 2 is 1.83 bits per heavy atom. The van der Waals surface area contributed by atoms with Crippen LogP contribution in [-0.4, -0.2) is 53.9 Å². The van der Waals surface area contributed by atoms with Crippen molar-refractivity contribution in [1.29, 1.82) is 0 Å². The summed E-state index contributed by atoms with van der Waals surface area (Å²) in [6.45, 7) is 1.72. The van der Waals surface area contributed by atoms with E-state index in [9.17, 15) is 14.4 Å². The summed E-state index contributed by atoms with van der Waals surface area (Å²) in [5.41, 5.74) is 1.36. The Morgan fingerprint density at radius 3 is 2.60 bits per heavy atom. The van der Waals surface area contributed by atoms with Crippen LogP contribution < -0.4 is 15.8 Å². The quantitative estimate of drug-likeness (QED) is 0.520. The van der Waals surface area contributed by atoms with Gasteiger partial charge in [0.05, 0.1) is 15.6 Å². The van der Waals surface area contributed by atoms with E-state index in [-0.39, 0.29) is 17.4 Å². The highest BCUT2D eigenvalue weighted by atomic mass is 35.5. The van der Waals surface area contributed by atoms with Crippen molar-refractivity contribution >= 4 is 51.6 Å². The molecule has 1 aromatic heterocycles. The largest absolute Gasteiger partial charge is 0.367 e. The number of aromatic nitrogens is 1. The topological polar surface area (TPSA) is 85.5 Å². The molecule has 1 unspecified atom stereocenters. The molecule has 2 aliphatic rings. The van der Waals surface area contributed by atoms with Crippen molar-refractivity contribution in [2.24, 2.45) is 5.92 Å². The number of piperazine rings is 1. The number of rotatable bonds is 6. The van der Waals surface area contributed by atoms with Crippen molar-refractivity contribution < 1.29 is 9.59 Å². The number of aromatic amines is 1. The van der Waals surface area contributed by atoms with Crippen molar-refractivity contribution in [3.05, 3.63) is 74.5 Å². The molecule has 0 radical (unpaired) electrons. The fraction of sp³-hybridized carbons (Fsp3) is 0.346. The Morgan fingerprint density at radius 1 is 1.03 bits per heavy atom. The molecule has 7 nitrogen and oxygen atoms in total. The molecule has 2 amide bonds. The first-order valence-corrected chi connectivity index (χ1v) is 12.6. The van der Waals surface area contributed by atoms with Crippen molar-refractivity contribution in [3.8, 4) is 0 Å². The summed E-state index contributed by atoms with van der Waals surface area (Å²) in [5.74, 6) is 0.163. The fourth-order valence-corrected chi connectivity index (χ4v) is 4.92. The Balaban J connectivity index is 1.44. The normalized spacial score (nSPS) is 18.1. The Bertz CT molecular complexity index is 1340. The molecule has 1 saturated carbocycles. The third-order valence-electron chi connectivity index (χ3n) is 6.74. The van der Waals surface area contributed by atoms with Gasteiger partial charge in [0.2, 0.25) is 11.5 Å². The van der Waals surface area contributed by atoms with Crippen LogP contribution in [0.2, 0.25) is 10.0 Å². The maximum atomic E-state index is 13.8. The number of carbonyl (C=O) groups excluding carboxylic acids is 2. The van der Waals surface area contributed by atoms with Gasteiger partial charge in [-0.1, -0.05) is 54.2 Å². The van der Waals surface area contributed by atoms with Gasteiger partial charge in [0.25, 0.3) is 5.91 Å². The van der Waals surface area contributed by atoms with Gasteiger partial charge in [-0.2, -0.15) is 0 Å².